The van der Waals surface area contributed by atoms with Crippen LogP contribution in [-0.2, 0) is 4.79 Å². The quantitative estimate of drug-likeness (QED) is 0.485. The number of hydrogen-bond donors (Lipinski definition) is 2. The van der Waals surface area contributed by atoms with Crippen molar-refractivity contribution < 1.29 is 14.8 Å². The Morgan fingerprint density at radius 3 is 2.33 bits per heavy atom. The Morgan fingerprint density at radius 2 is 1.86 bits per heavy atom. The number of nitrogens with zero attached hydrogens (tertiary/aromatic N) is 3. The van der Waals surface area contributed by atoms with E-state index in [2.05, 4.69) is 15.3 Å². The molecule has 2 rings (SSSR count). The zero-order valence-electron chi connectivity index (χ0n) is 11.6. The molecule has 0 spiro atoms. The van der Waals surface area contributed by atoms with Crippen molar-refractivity contribution in [2.24, 2.45) is 5.41 Å². The van der Waals surface area contributed by atoms with Crippen molar-refractivity contribution >= 4 is 17.6 Å². The lowest BCUT2D eigenvalue weighted by Crippen LogP contribution is -2.37. The van der Waals surface area contributed by atoms with Gasteiger partial charge in [0.05, 0.1) is 10.3 Å². The van der Waals surface area contributed by atoms with Crippen LogP contribution < -0.4 is 5.32 Å². The van der Waals surface area contributed by atoms with Crippen molar-refractivity contribution in [3.63, 3.8) is 0 Å². The maximum atomic E-state index is 11.6. The van der Waals surface area contributed by atoms with E-state index in [9.17, 15) is 20.0 Å². The first-order valence-electron chi connectivity index (χ1n) is 6.97. The van der Waals surface area contributed by atoms with E-state index in [1.807, 2.05) is 0 Å². The van der Waals surface area contributed by atoms with Gasteiger partial charge in [-0.15, -0.1) is 0 Å². The van der Waals surface area contributed by atoms with Crippen molar-refractivity contribution in [1.82, 2.24) is 9.97 Å². The number of aliphatic carboxylic acids is 1. The lowest BCUT2D eigenvalue weighted by atomic mass is 9.80. The summed E-state index contributed by atoms with van der Waals surface area (Å²) in [6, 6.07) is 0. The fraction of sp³-hybridized carbons (Fsp3) is 0.615. The van der Waals surface area contributed by atoms with Crippen LogP contribution in [0.4, 0.5) is 11.6 Å². The molecule has 2 N–H and O–H groups in total. The Balaban J connectivity index is 2.04. The molecule has 21 heavy (non-hydrogen) atoms. The predicted molar refractivity (Wildman–Crippen MR) is 74.9 cm³/mol. The number of anilines is 1. The zero-order valence-corrected chi connectivity index (χ0v) is 11.6. The normalized spacial score (nSPS) is 17.7. The Bertz CT molecular complexity index is 509. The van der Waals surface area contributed by atoms with Crippen LogP contribution in [0.2, 0.25) is 0 Å². The van der Waals surface area contributed by atoms with Gasteiger partial charge in [0.2, 0.25) is 5.95 Å². The van der Waals surface area contributed by atoms with E-state index in [0.717, 1.165) is 38.1 Å². The first-order valence-corrected chi connectivity index (χ1v) is 6.97. The van der Waals surface area contributed by atoms with Crippen molar-refractivity contribution in [2.75, 3.05) is 11.9 Å². The minimum Gasteiger partial charge on any atom is -0.481 e. The lowest BCUT2D eigenvalue weighted by molar-refractivity contribution is -0.385. The number of carboxylic acid groups (broad SMARTS) is 1. The van der Waals surface area contributed by atoms with E-state index in [4.69, 9.17) is 0 Å². The van der Waals surface area contributed by atoms with Gasteiger partial charge in [-0.25, -0.2) is 9.97 Å². The van der Waals surface area contributed by atoms with Crippen LogP contribution in [-0.4, -0.2) is 32.5 Å². The van der Waals surface area contributed by atoms with Gasteiger partial charge in [-0.05, 0) is 12.8 Å². The van der Waals surface area contributed by atoms with E-state index >= 15 is 0 Å². The van der Waals surface area contributed by atoms with Gasteiger partial charge < -0.3 is 10.4 Å². The molecule has 8 nitrogen and oxygen atoms in total. The fourth-order valence-electron chi connectivity index (χ4n) is 2.63. The van der Waals surface area contributed by atoms with Crippen LogP contribution in [0.3, 0.4) is 0 Å². The summed E-state index contributed by atoms with van der Waals surface area (Å²) in [7, 11) is 0. The number of hydrogen-bond acceptors (Lipinski definition) is 6. The highest BCUT2D eigenvalue weighted by Gasteiger charge is 2.38. The molecule has 114 valence electrons. The molecule has 1 saturated carbocycles. The Morgan fingerprint density at radius 1 is 1.29 bits per heavy atom. The van der Waals surface area contributed by atoms with Crippen LogP contribution >= 0.6 is 0 Å². The molecule has 0 aliphatic heterocycles. The largest absolute Gasteiger partial charge is 0.481 e. The standard InChI is InChI=1S/C13H18N4O4/c18-11(19)13(5-3-1-2-4-6-13)9-16-12-14-7-10(8-15-12)17(20)21/h7-8H,1-6,9H2,(H,18,19)(H,14,15,16). The molecule has 1 aromatic rings. The summed E-state index contributed by atoms with van der Waals surface area (Å²) in [5.41, 5.74) is -0.996. The molecule has 0 saturated heterocycles. The number of aromatic nitrogens is 2. The fourth-order valence-corrected chi connectivity index (χ4v) is 2.63. The second kappa shape index (κ2) is 6.47. The minimum atomic E-state index is -0.807. The van der Waals surface area contributed by atoms with Gasteiger partial charge in [-0.2, -0.15) is 0 Å². The molecule has 1 fully saturated rings. The SMILES string of the molecule is O=C(O)C1(CNc2ncc([N+](=O)[O-])cn2)CCCCCC1. The first kappa shape index (κ1) is 15.1. The second-order valence-electron chi connectivity index (χ2n) is 5.38. The van der Waals surface area contributed by atoms with Crippen molar-refractivity contribution in [2.45, 2.75) is 38.5 Å². The van der Waals surface area contributed by atoms with Crippen LogP contribution in [0, 0.1) is 15.5 Å². The molecule has 0 atom stereocenters. The van der Waals surface area contributed by atoms with Crippen LogP contribution in [0.1, 0.15) is 38.5 Å². The third-order valence-corrected chi connectivity index (χ3v) is 3.95. The van der Waals surface area contributed by atoms with Crippen LogP contribution in [0.25, 0.3) is 0 Å². The predicted octanol–water partition coefficient (Wildman–Crippen LogP) is 2.22. The topological polar surface area (TPSA) is 118 Å². The summed E-state index contributed by atoms with van der Waals surface area (Å²) in [5, 5.41) is 23.0. The molecular formula is C13H18N4O4. The number of carbonyl (C=O) groups is 1. The van der Waals surface area contributed by atoms with Gasteiger partial charge in [0, 0.05) is 6.54 Å². The smallest absolute Gasteiger partial charge is 0.311 e. The van der Waals surface area contributed by atoms with Gasteiger partial charge in [0.15, 0.2) is 0 Å². The van der Waals surface area contributed by atoms with Gasteiger partial charge >= 0.3 is 11.7 Å². The molecule has 0 radical (unpaired) electrons. The molecule has 0 bridgehead atoms. The highest BCUT2D eigenvalue weighted by atomic mass is 16.6. The summed E-state index contributed by atoms with van der Waals surface area (Å²) in [6.45, 7) is 0.236. The number of carboxylic acids is 1. The third kappa shape index (κ3) is 3.65. The second-order valence-corrected chi connectivity index (χ2v) is 5.38. The van der Waals surface area contributed by atoms with E-state index in [0.29, 0.717) is 12.8 Å². The zero-order chi connectivity index (χ0) is 15.3. The number of nitrogens with one attached hydrogen (secondary N) is 1. The Kier molecular flexibility index (Phi) is 4.66. The van der Waals surface area contributed by atoms with Gasteiger partial charge in [-0.1, -0.05) is 25.7 Å². The number of rotatable bonds is 5. The van der Waals surface area contributed by atoms with Crippen LogP contribution in [0.5, 0.6) is 0 Å². The Hall–Kier alpha value is -2.25. The summed E-state index contributed by atoms with van der Waals surface area (Å²) < 4.78 is 0. The van der Waals surface area contributed by atoms with Crippen LogP contribution in [0.15, 0.2) is 12.4 Å². The molecule has 0 unspecified atom stereocenters. The summed E-state index contributed by atoms with van der Waals surface area (Å²) in [4.78, 5) is 29.3. The minimum absolute atomic E-state index is 0.192. The first-order chi connectivity index (χ1) is 10.0. The molecule has 1 aliphatic rings. The van der Waals surface area contributed by atoms with E-state index in [1.54, 1.807) is 0 Å². The third-order valence-electron chi connectivity index (χ3n) is 3.95. The van der Waals surface area contributed by atoms with Gasteiger partial charge in [-0.3, -0.25) is 14.9 Å². The monoisotopic (exact) mass is 294 g/mol. The van der Waals surface area contributed by atoms with Gasteiger partial charge in [0.25, 0.3) is 0 Å². The molecule has 1 heterocycles. The lowest BCUT2D eigenvalue weighted by Gasteiger charge is -2.28. The van der Waals surface area contributed by atoms with Crippen molar-refractivity contribution in [1.29, 1.82) is 0 Å². The average molecular weight is 294 g/mol. The van der Waals surface area contributed by atoms with Gasteiger partial charge in [0.1, 0.15) is 12.4 Å². The molecule has 1 aromatic heterocycles. The number of nitro groups is 1. The maximum absolute atomic E-state index is 11.6. The maximum Gasteiger partial charge on any atom is 0.311 e. The van der Waals surface area contributed by atoms with Crippen molar-refractivity contribution in [3.8, 4) is 0 Å². The highest BCUT2D eigenvalue weighted by molar-refractivity contribution is 5.75. The summed E-state index contributed by atoms with van der Waals surface area (Å²) >= 11 is 0. The van der Waals surface area contributed by atoms with Crippen molar-refractivity contribution in [3.05, 3.63) is 22.5 Å². The van der Waals surface area contributed by atoms with E-state index in [-0.39, 0.29) is 18.2 Å². The summed E-state index contributed by atoms with van der Waals surface area (Å²) in [6.07, 6.45) is 7.38. The molecule has 8 heteroatoms. The van der Waals surface area contributed by atoms with E-state index in [1.165, 1.54) is 0 Å². The van der Waals surface area contributed by atoms with E-state index < -0.39 is 16.3 Å². The molecule has 1 aliphatic carbocycles. The average Bonchev–Trinajstić information content (AvgIpc) is 2.72. The molecule has 0 amide bonds. The Labute approximate surface area is 121 Å². The molecular weight excluding hydrogens is 276 g/mol. The molecule has 0 aromatic carbocycles. The highest BCUT2D eigenvalue weighted by Crippen LogP contribution is 2.35. The summed E-state index contributed by atoms with van der Waals surface area (Å²) in [5.74, 6) is -0.593.